The van der Waals surface area contributed by atoms with Gasteiger partial charge in [0.1, 0.15) is 11.8 Å². The Labute approximate surface area is 204 Å². The largest absolute Gasteiger partial charge is 0.494 e. The number of hydrogen-bond donors (Lipinski definition) is 1. The number of rotatable bonds is 11. The van der Waals surface area contributed by atoms with Gasteiger partial charge in [0.05, 0.1) is 18.6 Å². The molecule has 8 heteroatoms. The second-order valence-corrected chi connectivity index (χ2v) is 10.6. The van der Waals surface area contributed by atoms with Gasteiger partial charge in [-0.05, 0) is 74.7 Å². The van der Waals surface area contributed by atoms with Crippen molar-refractivity contribution in [2.24, 2.45) is 0 Å². The van der Waals surface area contributed by atoms with Crippen LogP contribution in [0.1, 0.15) is 50.7 Å². The first kappa shape index (κ1) is 26.0. The first-order chi connectivity index (χ1) is 16.3. The van der Waals surface area contributed by atoms with Gasteiger partial charge in [-0.3, -0.25) is 14.0 Å². The number of nitrogens with one attached hydrogen (secondary N) is 1. The maximum atomic E-state index is 13.1. The van der Waals surface area contributed by atoms with Crippen LogP contribution in [0.4, 0.5) is 5.69 Å². The number of piperidine rings is 1. The maximum Gasteiger partial charge on any atom is 0.244 e. The highest BCUT2D eigenvalue weighted by Gasteiger charge is 2.31. The van der Waals surface area contributed by atoms with E-state index in [2.05, 4.69) is 22.3 Å². The molecule has 1 N–H and O–H groups in total. The summed E-state index contributed by atoms with van der Waals surface area (Å²) in [6.45, 7) is 7.83. The van der Waals surface area contributed by atoms with Crippen LogP contribution in [0.3, 0.4) is 0 Å². The molecular weight excluding hydrogens is 450 g/mol. The molecule has 1 heterocycles. The minimum absolute atomic E-state index is 0.320. The van der Waals surface area contributed by atoms with Crippen molar-refractivity contribution >= 4 is 21.6 Å². The Hall–Kier alpha value is -2.58. The summed E-state index contributed by atoms with van der Waals surface area (Å²) in [4.78, 5) is 15.5. The monoisotopic (exact) mass is 487 g/mol. The lowest BCUT2D eigenvalue weighted by Gasteiger charge is -2.30. The molecule has 1 aliphatic rings. The summed E-state index contributed by atoms with van der Waals surface area (Å²) in [5.74, 6) is 0.333. The number of hydrogen-bond acceptors (Lipinski definition) is 5. The Kier molecular flexibility index (Phi) is 9.36. The minimum Gasteiger partial charge on any atom is -0.494 e. The Morgan fingerprint density at radius 3 is 2.18 bits per heavy atom. The molecule has 1 saturated heterocycles. The first-order valence-electron chi connectivity index (χ1n) is 12.1. The Morgan fingerprint density at radius 2 is 1.62 bits per heavy atom. The molecule has 3 rings (SSSR count). The normalized spacial score (nSPS) is 15.5. The molecular formula is C26H37N3O4S. The number of carbonyl (C=O) groups excluding carboxylic acids is 1. The van der Waals surface area contributed by atoms with Crippen molar-refractivity contribution in [3.05, 3.63) is 59.7 Å². The van der Waals surface area contributed by atoms with Crippen molar-refractivity contribution in [3.8, 4) is 5.75 Å². The SMILES string of the molecule is CCOc1ccc(N(C(CC)C(=O)NCc2ccc(CN3CCCCC3)cc2)S(C)(=O)=O)cc1. The quantitative estimate of drug-likeness (QED) is 0.520. The third-order valence-electron chi connectivity index (χ3n) is 6.08. The number of benzene rings is 2. The van der Waals surface area contributed by atoms with E-state index in [4.69, 9.17) is 4.74 Å². The summed E-state index contributed by atoms with van der Waals surface area (Å²) in [7, 11) is -3.68. The molecule has 1 aliphatic heterocycles. The molecule has 2 aromatic carbocycles. The molecule has 1 atom stereocenters. The molecule has 0 bridgehead atoms. The summed E-state index contributed by atoms with van der Waals surface area (Å²) in [6, 6.07) is 14.2. The lowest BCUT2D eigenvalue weighted by molar-refractivity contribution is -0.122. The van der Waals surface area contributed by atoms with Gasteiger partial charge >= 0.3 is 0 Å². The van der Waals surface area contributed by atoms with E-state index in [1.54, 1.807) is 24.3 Å². The van der Waals surface area contributed by atoms with E-state index in [0.29, 0.717) is 31.0 Å². The molecule has 2 aromatic rings. The lowest BCUT2D eigenvalue weighted by Crippen LogP contribution is -2.49. The maximum absolute atomic E-state index is 13.1. The predicted octanol–water partition coefficient (Wildman–Crippen LogP) is 3.93. The molecule has 1 unspecified atom stereocenters. The van der Waals surface area contributed by atoms with E-state index in [9.17, 15) is 13.2 Å². The van der Waals surface area contributed by atoms with Gasteiger partial charge in [0.25, 0.3) is 0 Å². The van der Waals surface area contributed by atoms with Gasteiger partial charge in [-0.2, -0.15) is 0 Å². The van der Waals surface area contributed by atoms with Gasteiger partial charge in [0.15, 0.2) is 0 Å². The average Bonchev–Trinajstić information content (AvgIpc) is 2.82. The smallest absolute Gasteiger partial charge is 0.244 e. The Morgan fingerprint density at radius 1 is 1.00 bits per heavy atom. The van der Waals surface area contributed by atoms with E-state index in [1.165, 1.54) is 29.1 Å². The van der Waals surface area contributed by atoms with Crippen LogP contribution in [0, 0.1) is 0 Å². The fourth-order valence-corrected chi connectivity index (χ4v) is 5.57. The highest BCUT2D eigenvalue weighted by Crippen LogP contribution is 2.25. The topological polar surface area (TPSA) is 79.0 Å². The zero-order valence-electron chi connectivity index (χ0n) is 20.5. The molecule has 1 amide bonds. The molecule has 0 saturated carbocycles. The summed E-state index contributed by atoms with van der Waals surface area (Å²) in [5, 5.41) is 2.92. The van der Waals surface area contributed by atoms with Gasteiger partial charge in [-0.1, -0.05) is 37.6 Å². The van der Waals surface area contributed by atoms with E-state index in [1.807, 2.05) is 26.0 Å². The fourth-order valence-electron chi connectivity index (χ4n) is 4.36. The second-order valence-electron chi connectivity index (χ2n) is 8.78. The third kappa shape index (κ3) is 7.21. The molecule has 186 valence electrons. The van der Waals surface area contributed by atoms with Crippen LogP contribution in [-0.2, 0) is 27.9 Å². The van der Waals surface area contributed by atoms with Gasteiger partial charge in [-0.25, -0.2) is 8.42 Å². The van der Waals surface area contributed by atoms with Gasteiger partial charge in [0.2, 0.25) is 15.9 Å². The number of anilines is 1. The molecule has 1 fully saturated rings. The van der Waals surface area contributed by atoms with Crippen molar-refractivity contribution in [2.75, 3.05) is 30.3 Å². The van der Waals surface area contributed by atoms with Crippen LogP contribution in [-0.4, -0.2) is 51.2 Å². The molecule has 0 spiro atoms. The van der Waals surface area contributed by atoms with Crippen LogP contribution in [0.15, 0.2) is 48.5 Å². The average molecular weight is 488 g/mol. The lowest BCUT2D eigenvalue weighted by atomic mass is 10.1. The van der Waals surface area contributed by atoms with E-state index >= 15 is 0 Å². The summed E-state index contributed by atoms with van der Waals surface area (Å²) in [6.07, 6.45) is 5.33. The van der Waals surface area contributed by atoms with E-state index in [0.717, 1.165) is 31.5 Å². The van der Waals surface area contributed by atoms with Crippen molar-refractivity contribution < 1.29 is 17.9 Å². The van der Waals surface area contributed by atoms with Gasteiger partial charge in [0, 0.05) is 13.1 Å². The Bertz CT molecular complexity index is 1020. The predicted molar refractivity (Wildman–Crippen MR) is 136 cm³/mol. The number of likely N-dealkylation sites (tertiary alicyclic amines) is 1. The molecule has 0 aromatic heterocycles. The number of carbonyl (C=O) groups is 1. The Balaban J connectivity index is 1.64. The van der Waals surface area contributed by atoms with Gasteiger partial charge < -0.3 is 10.1 Å². The zero-order chi connectivity index (χ0) is 24.6. The number of nitrogens with zero attached hydrogens (tertiary/aromatic N) is 2. The van der Waals surface area contributed by atoms with E-state index < -0.39 is 16.1 Å². The van der Waals surface area contributed by atoms with Crippen LogP contribution in [0.5, 0.6) is 5.75 Å². The highest BCUT2D eigenvalue weighted by atomic mass is 32.2. The second kappa shape index (κ2) is 12.2. The minimum atomic E-state index is -3.68. The molecule has 7 nitrogen and oxygen atoms in total. The van der Waals surface area contributed by atoms with Crippen LogP contribution in [0.25, 0.3) is 0 Å². The van der Waals surface area contributed by atoms with Crippen LogP contribution in [0.2, 0.25) is 0 Å². The van der Waals surface area contributed by atoms with Crippen molar-refractivity contribution in [1.29, 1.82) is 0 Å². The van der Waals surface area contributed by atoms with E-state index in [-0.39, 0.29) is 5.91 Å². The molecule has 0 radical (unpaired) electrons. The number of amides is 1. The van der Waals surface area contributed by atoms with Crippen LogP contribution >= 0.6 is 0 Å². The molecule has 0 aliphatic carbocycles. The van der Waals surface area contributed by atoms with Gasteiger partial charge in [-0.15, -0.1) is 0 Å². The highest BCUT2D eigenvalue weighted by molar-refractivity contribution is 7.92. The standard InChI is InChI=1S/C26H37N3O4S/c1-4-25(29(34(3,31)32)23-13-15-24(16-14-23)33-5-2)26(30)27-19-21-9-11-22(12-10-21)20-28-17-7-6-8-18-28/h9-16,25H,4-8,17-20H2,1-3H3,(H,27,30). The number of sulfonamides is 1. The third-order valence-corrected chi connectivity index (χ3v) is 7.26. The van der Waals surface area contributed by atoms with Crippen molar-refractivity contribution in [2.45, 2.75) is 58.7 Å². The van der Waals surface area contributed by atoms with Crippen LogP contribution < -0.4 is 14.4 Å². The summed E-state index contributed by atoms with van der Waals surface area (Å²) >= 11 is 0. The summed E-state index contributed by atoms with van der Waals surface area (Å²) in [5.41, 5.74) is 2.69. The van der Waals surface area contributed by atoms with Crippen molar-refractivity contribution in [1.82, 2.24) is 10.2 Å². The first-order valence-corrected chi connectivity index (χ1v) is 14.0. The summed E-state index contributed by atoms with van der Waals surface area (Å²) < 4.78 is 31.9. The zero-order valence-corrected chi connectivity index (χ0v) is 21.3. The fraction of sp³-hybridized carbons (Fsp3) is 0.500. The molecule has 34 heavy (non-hydrogen) atoms. The van der Waals surface area contributed by atoms with Crippen molar-refractivity contribution in [3.63, 3.8) is 0 Å². The number of ether oxygens (including phenoxy) is 1.